The van der Waals surface area contributed by atoms with Gasteiger partial charge in [-0.05, 0) is 30.3 Å². The van der Waals surface area contributed by atoms with Crippen LogP contribution in [0.2, 0.25) is 0 Å². The Balaban J connectivity index is 1.32. The molecule has 3 heterocycles. The molecule has 11 nitrogen and oxygen atoms in total. The van der Waals surface area contributed by atoms with Crippen LogP contribution in [0, 0.1) is 10.1 Å². The summed E-state index contributed by atoms with van der Waals surface area (Å²) in [4.78, 5) is 24.5. The molecule has 5 aromatic rings. The lowest BCUT2D eigenvalue weighted by Gasteiger charge is -2.10. The molecular formula is C24H18F3N7O4S2. The van der Waals surface area contributed by atoms with Crippen LogP contribution in [0.15, 0.2) is 77.3 Å². The second-order valence-corrected chi connectivity index (χ2v) is 10.9. The molecule has 0 amide bonds. The van der Waals surface area contributed by atoms with Crippen molar-refractivity contribution in [3.63, 3.8) is 0 Å². The Kier molecular flexibility index (Phi) is 7.22. The number of halogens is 3. The lowest BCUT2D eigenvalue weighted by Crippen LogP contribution is -2.29. The van der Waals surface area contributed by atoms with Gasteiger partial charge in [-0.1, -0.05) is 12.1 Å². The number of alkyl halides is 3. The zero-order chi connectivity index (χ0) is 28.5. The van der Waals surface area contributed by atoms with Crippen LogP contribution in [0.3, 0.4) is 0 Å². The Morgan fingerprint density at radius 2 is 1.82 bits per heavy atom. The van der Waals surface area contributed by atoms with Crippen LogP contribution >= 0.6 is 11.3 Å². The number of nitrogens with one attached hydrogen (secondary N) is 2. The Hall–Kier alpha value is -4.41. The number of hydrogen-bond acceptors (Lipinski definition) is 9. The third-order valence-corrected chi connectivity index (χ3v) is 7.92. The van der Waals surface area contributed by atoms with E-state index in [9.17, 15) is 31.7 Å². The molecule has 5 rings (SSSR count). The van der Waals surface area contributed by atoms with Gasteiger partial charge in [0, 0.05) is 48.6 Å². The average molecular weight is 590 g/mol. The van der Waals surface area contributed by atoms with Gasteiger partial charge in [-0.15, -0.1) is 11.3 Å². The Morgan fingerprint density at radius 3 is 2.55 bits per heavy atom. The highest BCUT2D eigenvalue weighted by Gasteiger charge is 2.30. The molecule has 0 saturated carbocycles. The van der Waals surface area contributed by atoms with Crippen molar-refractivity contribution in [3.05, 3.63) is 88.0 Å². The number of imidazole rings is 1. The van der Waals surface area contributed by atoms with Crippen molar-refractivity contribution in [2.75, 3.05) is 18.4 Å². The van der Waals surface area contributed by atoms with Gasteiger partial charge in [-0.2, -0.15) is 13.2 Å². The van der Waals surface area contributed by atoms with Gasteiger partial charge in [0.15, 0.2) is 4.96 Å². The molecule has 0 aliphatic carbocycles. The van der Waals surface area contributed by atoms with Crippen LogP contribution in [0.1, 0.15) is 5.56 Å². The number of nitro groups is 1. The van der Waals surface area contributed by atoms with E-state index in [1.54, 1.807) is 24.4 Å². The Bertz CT molecular complexity index is 1800. The lowest BCUT2D eigenvalue weighted by atomic mass is 10.1. The molecule has 0 fully saturated rings. The summed E-state index contributed by atoms with van der Waals surface area (Å²) in [5.74, 6) is 0.182. The number of thiazole rings is 1. The first-order chi connectivity index (χ1) is 19.0. The summed E-state index contributed by atoms with van der Waals surface area (Å²) in [5, 5.41) is 16.0. The molecule has 0 unspecified atom stereocenters. The quantitative estimate of drug-likeness (QED) is 0.141. The van der Waals surface area contributed by atoms with Gasteiger partial charge in [-0.25, -0.2) is 28.1 Å². The summed E-state index contributed by atoms with van der Waals surface area (Å²) in [6.45, 7) is -0.0291. The Morgan fingerprint density at radius 1 is 1.05 bits per heavy atom. The molecule has 0 atom stereocenters. The number of aromatic nitrogens is 4. The molecule has 0 bridgehead atoms. The van der Waals surface area contributed by atoms with Gasteiger partial charge in [0.2, 0.25) is 16.0 Å². The number of hydrogen-bond donors (Lipinski definition) is 2. The van der Waals surface area contributed by atoms with Crippen LogP contribution in [0.25, 0.3) is 27.6 Å². The zero-order valence-electron chi connectivity index (χ0n) is 20.2. The minimum Gasteiger partial charge on any atom is -0.353 e. The van der Waals surface area contributed by atoms with E-state index < -0.39 is 26.7 Å². The van der Waals surface area contributed by atoms with Crippen molar-refractivity contribution in [2.45, 2.75) is 11.1 Å². The maximum absolute atomic E-state index is 12.7. The summed E-state index contributed by atoms with van der Waals surface area (Å²) in [5.41, 5.74) is 1.05. The maximum Gasteiger partial charge on any atom is 0.416 e. The normalized spacial score (nSPS) is 12.1. The third kappa shape index (κ3) is 5.63. The van der Waals surface area contributed by atoms with Crippen LogP contribution in [0.5, 0.6) is 0 Å². The largest absolute Gasteiger partial charge is 0.416 e. The highest BCUT2D eigenvalue weighted by Crippen LogP contribution is 2.35. The summed E-state index contributed by atoms with van der Waals surface area (Å²) in [6.07, 6.45) is -1.27. The van der Waals surface area contributed by atoms with Crippen molar-refractivity contribution >= 4 is 38.0 Å². The highest BCUT2D eigenvalue weighted by molar-refractivity contribution is 7.89. The third-order valence-electron chi connectivity index (χ3n) is 5.68. The second-order valence-electron chi connectivity index (χ2n) is 8.28. The first-order valence-corrected chi connectivity index (χ1v) is 13.8. The topological polar surface area (TPSA) is 144 Å². The highest BCUT2D eigenvalue weighted by atomic mass is 32.2. The summed E-state index contributed by atoms with van der Waals surface area (Å²) < 4.78 is 67.3. The molecule has 0 aliphatic rings. The Labute approximate surface area is 228 Å². The summed E-state index contributed by atoms with van der Waals surface area (Å²) in [7, 11) is -4.04. The molecule has 3 aromatic heterocycles. The second kappa shape index (κ2) is 10.6. The monoisotopic (exact) mass is 589 g/mol. The zero-order valence-corrected chi connectivity index (χ0v) is 21.8. The number of rotatable bonds is 9. The molecule has 2 N–H and O–H groups in total. The molecule has 206 valence electrons. The van der Waals surface area contributed by atoms with Crippen LogP contribution in [0.4, 0.5) is 24.8 Å². The lowest BCUT2D eigenvalue weighted by molar-refractivity contribution is -0.384. The maximum atomic E-state index is 12.7. The van der Waals surface area contributed by atoms with E-state index >= 15 is 0 Å². The van der Waals surface area contributed by atoms with Gasteiger partial charge >= 0.3 is 6.18 Å². The van der Waals surface area contributed by atoms with Crippen molar-refractivity contribution in [1.29, 1.82) is 0 Å². The van der Waals surface area contributed by atoms with E-state index in [1.165, 1.54) is 29.7 Å². The molecule has 2 aromatic carbocycles. The molecule has 16 heteroatoms. The van der Waals surface area contributed by atoms with E-state index in [1.807, 2.05) is 9.78 Å². The van der Waals surface area contributed by atoms with Crippen LogP contribution < -0.4 is 10.0 Å². The van der Waals surface area contributed by atoms with Crippen molar-refractivity contribution in [2.24, 2.45) is 0 Å². The van der Waals surface area contributed by atoms with Gasteiger partial charge in [-0.3, -0.25) is 14.5 Å². The minimum atomic E-state index is -4.57. The van der Waals surface area contributed by atoms with Crippen molar-refractivity contribution in [3.8, 4) is 22.6 Å². The first kappa shape index (κ1) is 27.2. The summed E-state index contributed by atoms with van der Waals surface area (Å²) in [6, 6.07) is 10.9. The molecule has 0 radical (unpaired) electrons. The standard InChI is InChI=1S/C24H18F3N7O4S2/c25-24(26,27)16-4-6-18(7-5-16)40(37,38)30-11-10-29-22-28-9-8-19(31-22)21-20(32-23-33(21)12-13-39-23)15-2-1-3-17(14-15)34(35)36/h1-9,12-14,30H,10-11H2,(H,28,29,31). The average Bonchev–Trinajstić information content (AvgIpc) is 3.53. The number of fused-ring (bicyclic) bond motifs is 1. The van der Waals surface area contributed by atoms with E-state index in [2.05, 4.69) is 25.0 Å². The van der Waals surface area contributed by atoms with Gasteiger partial charge in [0.1, 0.15) is 11.4 Å². The molecule has 0 spiro atoms. The summed E-state index contributed by atoms with van der Waals surface area (Å²) >= 11 is 1.38. The number of benzene rings is 2. The number of non-ortho nitro benzene ring substituents is 1. The van der Waals surface area contributed by atoms with Gasteiger partial charge in [0.05, 0.1) is 21.1 Å². The van der Waals surface area contributed by atoms with E-state index in [-0.39, 0.29) is 29.6 Å². The van der Waals surface area contributed by atoms with Gasteiger partial charge in [0.25, 0.3) is 5.69 Å². The fourth-order valence-electron chi connectivity index (χ4n) is 3.84. The van der Waals surface area contributed by atoms with E-state index in [0.717, 1.165) is 12.1 Å². The molecule has 40 heavy (non-hydrogen) atoms. The fourth-order valence-corrected chi connectivity index (χ4v) is 5.59. The smallest absolute Gasteiger partial charge is 0.353 e. The first-order valence-electron chi connectivity index (χ1n) is 11.5. The number of anilines is 1. The predicted octanol–water partition coefficient (Wildman–Crippen LogP) is 4.84. The molecular weight excluding hydrogens is 571 g/mol. The fraction of sp³-hybridized carbons (Fsp3) is 0.125. The predicted molar refractivity (Wildman–Crippen MR) is 141 cm³/mol. The van der Waals surface area contributed by atoms with Crippen LogP contribution in [-0.4, -0.2) is 45.8 Å². The van der Waals surface area contributed by atoms with E-state index in [4.69, 9.17) is 0 Å². The molecule has 0 aliphatic heterocycles. The SMILES string of the molecule is O=[N+]([O-])c1cccc(-c2nc3sccn3c2-c2ccnc(NCCNS(=O)(=O)c3ccc(C(F)(F)F)cc3)n2)c1. The number of sulfonamides is 1. The van der Waals surface area contributed by atoms with E-state index in [0.29, 0.717) is 39.7 Å². The van der Waals surface area contributed by atoms with Gasteiger partial charge < -0.3 is 5.32 Å². The van der Waals surface area contributed by atoms with Crippen LogP contribution in [-0.2, 0) is 16.2 Å². The number of nitro benzene ring substituents is 1. The number of nitrogens with zero attached hydrogens (tertiary/aromatic N) is 5. The van der Waals surface area contributed by atoms with Crippen molar-refractivity contribution < 1.29 is 26.5 Å². The molecule has 0 saturated heterocycles. The van der Waals surface area contributed by atoms with Crippen molar-refractivity contribution in [1.82, 2.24) is 24.1 Å². The minimum absolute atomic E-state index is 0.0708.